The normalized spacial score (nSPS) is 15.9. The Hall–Kier alpha value is -3.68. The second-order valence-corrected chi connectivity index (χ2v) is 9.30. The molecule has 2 amide bonds. The standard InChI is InChI=1S/C27H32N4O4/c1-17(2)25(32)29-20-14-21(26(33)30-13-9-8-12-23(30)27(34)35-4)24-22(15-20)28-18(3)31(24)16-19-10-6-5-7-11-19/h5-7,10-11,14-15,17,23H,8-9,12-13,16H2,1-4H3,(H,29,32). The maximum absolute atomic E-state index is 14.0. The quantitative estimate of drug-likeness (QED) is 0.540. The van der Waals surface area contributed by atoms with Crippen LogP contribution in [0.15, 0.2) is 42.5 Å². The number of fused-ring (bicyclic) bond motifs is 1. The van der Waals surface area contributed by atoms with Crippen molar-refractivity contribution in [2.24, 2.45) is 5.92 Å². The van der Waals surface area contributed by atoms with E-state index in [1.54, 1.807) is 17.0 Å². The fraction of sp³-hybridized carbons (Fsp3) is 0.407. The van der Waals surface area contributed by atoms with Crippen molar-refractivity contribution in [1.29, 1.82) is 0 Å². The highest BCUT2D eigenvalue weighted by atomic mass is 16.5. The molecule has 8 heteroatoms. The average molecular weight is 477 g/mol. The lowest BCUT2D eigenvalue weighted by Crippen LogP contribution is -2.48. The molecule has 4 rings (SSSR count). The number of esters is 1. The molecular weight excluding hydrogens is 444 g/mol. The Morgan fingerprint density at radius 3 is 2.57 bits per heavy atom. The molecule has 3 aromatic rings. The zero-order chi connectivity index (χ0) is 25.1. The van der Waals surface area contributed by atoms with E-state index in [1.807, 2.05) is 55.7 Å². The zero-order valence-electron chi connectivity index (χ0n) is 20.7. The topological polar surface area (TPSA) is 93.5 Å². The lowest BCUT2D eigenvalue weighted by atomic mass is 10.00. The number of hydrogen-bond acceptors (Lipinski definition) is 5. The molecular formula is C27H32N4O4. The molecule has 0 spiro atoms. The van der Waals surface area contributed by atoms with Gasteiger partial charge in [-0.3, -0.25) is 9.59 Å². The van der Waals surface area contributed by atoms with Gasteiger partial charge in [-0.15, -0.1) is 0 Å². The number of imidazole rings is 1. The van der Waals surface area contributed by atoms with Gasteiger partial charge < -0.3 is 19.5 Å². The summed E-state index contributed by atoms with van der Waals surface area (Å²) in [6.45, 7) is 6.54. The first-order valence-corrected chi connectivity index (χ1v) is 12.0. The number of hydrogen-bond donors (Lipinski definition) is 1. The minimum atomic E-state index is -0.628. The number of carbonyl (C=O) groups excluding carboxylic acids is 3. The number of methoxy groups -OCH3 is 1. The number of anilines is 1. The molecule has 1 atom stereocenters. The summed E-state index contributed by atoms with van der Waals surface area (Å²) in [5, 5.41) is 2.90. The monoisotopic (exact) mass is 476 g/mol. The number of likely N-dealkylation sites (tertiary alicyclic amines) is 1. The first-order valence-electron chi connectivity index (χ1n) is 12.0. The second-order valence-electron chi connectivity index (χ2n) is 9.30. The summed E-state index contributed by atoms with van der Waals surface area (Å²) in [6, 6.07) is 12.9. The molecule has 8 nitrogen and oxygen atoms in total. The van der Waals surface area contributed by atoms with E-state index >= 15 is 0 Å². The predicted molar refractivity (Wildman–Crippen MR) is 134 cm³/mol. The van der Waals surface area contributed by atoms with Crippen molar-refractivity contribution in [3.63, 3.8) is 0 Å². The van der Waals surface area contributed by atoms with Crippen molar-refractivity contribution in [3.8, 4) is 0 Å². The molecule has 35 heavy (non-hydrogen) atoms. The molecule has 1 unspecified atom stereocenters. The zero-order valence-corrected chi connectivity index (χ0v) is 20.7. The Morgan fingerprint density at radius 2 is 1.89 bits per heavy atom. The minimum absolute atomic E-state index is 0.145. The maximum Gasteiger partial charge on any atom is 0.328 e. The third-order valence-electron chi connectivity index (χ3n) is 6.48. The van der Waals surface area contributed by atoms with E-state index in [0.717, 1.165) is 24.2 Å². The van der Waals surface area contributed by atoms with Gasteiger partial charge >= 0.3 is 5.97 Å². The van der Waals surface area contributed by atoms with Gasteiger partial charge in [0.1, 0.15) is 11.9 Å². The van der Waals surface area contributed by atoms with E-state index in [1.165, 1.54) is 7.11 Å². The summed E-state index contributed by atoms with van der Waals surface area (Å²) >= 11 is 0. The SMILES string of the molecule is COC(=O)C1CCCCN1C(=O)c1cc(NC(=O)C(C)C)cc2nc(C)n(Cc3ccccc3)c12. The smallest absolute Gasteiger partial charge is 0.328 e. The fourth-order valence-corrected chi connectivity index (χ4v) is 4.58. The number of amides is 2. The molecule has 2 aromatic carbocycles. The summed E-state index contributed by atoms with van der Waals surface area (Å²) in [7, 11) is 1.35. The predicted octanol–water partition coefficient (Wildman–Crippen LogP) is 4.16. The van der Waals surface area contributed by atoms with E-state index in [0.29, 0.717) is 41.8 Å². The van der Waals surface area contributed by atoms with Crippen LogP contribution in [-0.4, -0.2) is 51.9 Å². The molecule has 1 fully saturated rings. The Bertz CT molecular complexity index is 1250. The first-order chi connectivity index (χ1) is 16.8. The van der Waals surface area contributed by atoms with Crippen molar-refractivity contribution >= 4 is 34.5 Å². The number of rotatable bonds is 6. The number of aryl methyl sites for hydroxylation is 1. The van der Waals surface area contributed by atoms with Crippen LogP contribution in [-0.2, 0) is 20.9 Å². The molecule has 1 aliphatic heterocycles. The number of aromatic nitrogens is 2. The molecule has 0 bridgehead atoms. The van der Waals surface area contributed by atoms with Crippen LogP contribution in [0, 0.1) is 12.8 Å². The van der Waals surface area contributed by atoms with Crippen molar-refractivity contribution in [2.75, 3.05) is 19.0 Å². The summed E-state index contributed by atoms with van der Waals surface area (Å²) in [5.41, 5.74) is 3.31. The maximum atomic E-state index is 14.0. The van der Waals surface area contributed by atoms with E-state index in [-0.39, 0.29) is 17.7 Å². The molecule has 0 saturated carbocycles. The summed E-state index contributed by atoms with van der Waals surface area (Å²) < 4.78 is 7.01. The van der Waals surface area contributed by atoms with E-state index in [9.17, 15) is 14.4 Å². The van der Waals surface area contributed by atoms with E-state index in [4.69, 9.17) is 9.72 Å². The van der Waals surface area contributed by atoms with Gasteiger partial charge in [0, 0.05) is 24.7 Å². The van der Waals surface area contributed by atoms with Crippen molar-refractivity contribution in [1.82, 2.24) is 14.5 Å². The highest BCUT2D eigenvalue weighted by Gasteiger charge is 2.35. The van der Waals surface area contributed by atoms with Crippen LogP contribution in [0.4, 0.5) is 5.69 Å². The lowest BCUT2D eigenvalue weighted by molar-refractivity contribution is -0.147. The van der Waals surface area contributed by atoms with Crippen LogP contribution in [0.1, 0.15) is 54.9 Å². The van der Waals surface area contributed by atoms with Crippen molar-refractivity contribution < 1.29 is 19.1 Å². The van der Waals surface area contributed by atoms with Crippen LogP contribution in [0.3, 0.4) is 0 Å². The van der Waals surface area contributed by atoms with Gasteiger partial charge in [-0.2, -0.15) is 0 Å². The molecule has 0 radical (unpaired) electrons. The van der Waals surface area contributed by atoms with Gasteiger partial charge in [-0.05, 0) is 43.9 Å². The van der Waals surface area contributed by atoms with Gasteiger partial charge in [0.25, 0.3) is 5.91 Å². The largest absolute Gasteiger partial charge is 0.467 e. The van der Waals surface area contributed by atoms with Crippen LogP contribution in [0.5, 0.6) is 0 Å². The molecule has 1 N–H and O–H groups in total. The Labute approximate surface area is 205 Å². The molecule has 0 aliphatic carbocycles. The van der Waals surface area contributed by atoms with Crippen LogP contribution < -0.4 is 5.32 Å². The Kier molecular flexibility index (Phi) is 7.19. The third kappa shape index (κ3) is 5.06. The molecule has 1 aromatic heterocycles. The highest BCUT2D eigenvalue weighted by molar-refractivity contribution is 6.08. The number of benzene rings is 2. The fourth-order valence-electron chi connectivity index (χ4n) is 4.58. The van der Waals surface area contributed by atoms with Gasteiger partial charge in [-0.1, -0.05) is 44.2 Å². The Morgan fingerprint density at radius 1 is 1.14 bits per heavy atom. The summed E-state index contributed by atoms with van der Waals surface area (Å²) in [6.07, 6.45) is 2.23. The van der Waals surface area contributed by atoms with Crippen molar-refractivity contribution in [2.45, 2.75) is 52.6 Å². The third-order valence-corrected chi connectivity index (χ3v) is 6.48. The van der Waals surface area contributed by atoms with Crippen LogP contribution in [0.2, 0.25) is 0 Å². The highest BCUT2D eigenvalue weighted by Crippen LogP contribution is 2.30. The van der Waals surface area contributed by atoms with Gasteiger partial charge in [-0.25, -0.2) is 9.78 Å². The second kappa shape index (κ2) is 10.3. The van der Waals surface area contributed by atoms with Crippen molar-refractivity contribution in [3.05, 3.63) is 59.4 Å². The number of carbonyl (C=O) groups is 3. The summed E-state index contributed by atoms with van der Waals surface area (Å²) in [4.78, 5) is 45.2. The average Bonchev–Trinajstić information content (AvgIpc) is 3.17. The molecule has 184 valence electrons. The number of ether oxygens (including phenoxy) is 1. The number of piperidine rings is 1. The molecule has 1 saturated heterocycles. The number of nitrogens with one attached hydrogen (secondary N) is 1. The number of nitrogens with zero attached hydrogens (tertiary/aromatic N) is 3. The molecule has 1 aliphatic rings. The lowest BCUT2D eigenvalue weighted by Gasteiger charge is -2.34. The van der Waals surface area contributed by atoms with E-state index in [2.05, 4.69) is 5.32 Å². The van der Waals surface area contributed by atoms with Crippen LogP contribution >= 0.6 is 0 Å². The summed E-state index contributed by atoms with van der Waals surface area (Å²) in [5.74, 6) is -0.275. The minimum Gasteiger partial charge on any atom is -0.467 e. The van der Waals surface area contributed by atoms with Gasteiger partial charge in [0.15, 0.2) is 0 Å². The first kappa shape index (κ1) is 24.4. The van der Waals surface area contributed by atoms with Crippen LogP contribution in [0.25, 0.3) is 11.0 Å². The Balaban J connectivity index is 1.85. The van der Waals surface area contributed by atoms with E-state index < -0.39 is 12.0 Å². The van der Waals surface area contributed by atoms with Gasteiger partial charge in [0.05, 0.1) is 23.7 Å². The molecule has 2 heterocycles. The van der Waals surface area contributed by atoms with Gasteiger partial charge in [0.2, 0.25) is 5.91 Å².